The van der Waals surface area contributed by atoms with Crippen LogP contribution in [0.25, 0.3) is 0 Å². The summed E-state index contributed by atoms with van der Waals surface area (Å²) in [6.07, 6.45) is 4.32. The molecule has 2 aromatic carbocycles. The lowest BCUT2D eigenvalue weighted by Gasteiger charge is -2.42. The number of hydrogen-bond donors (Lipinski definition) is 0. The molecule has 0 amide bonds. The van der Waals surface area contributed by atoms with Gasteiger partial charge in [0.1, 0.15) is 23.9 Å². The standard InChI is InChI=1S/C34H37FO5/c1-7-8-21-13-22(14-26(38-6)32(21)39-19-20-9-11-23(35)12-10-20)29-30-24(36)15-33(2,3)17-27(30)40-28-18-34(4,5)16-25(37)31(28)29/h7,9-14,29H,1,8,15-19H2,2-6H3. The average Bonchev–Trinajstić information content (AvgIpc) is 2.86. The van der Waals surface area contributed by atoms with Crippen molar-refractivity contribution in [2.45, 2.75) is 72.3 Å². The van der Waals surface area contributed by atoms with Crippen LogP contribution in [-0.4, -0.2) is 18.7 Å². The minimum Gasteiger partial charge on any atom is -0.493 e. The Labute approximate surface area is 235 Å². The van der Waals surface area contributed by atoms with E-state index < -0.39 is 5.92 Å². The number of carbonyl (C=O) groups excluding carboxylic acids is 2. The number of hydrogen-bond acceptors (Lipinski definition) is 5. The van der Waals surface area contributed by atoms with Crippen LogP contribution in [0.1, 0.15) is 76.0 Å². The molecule has 0 bridgehead atoms. The Kier molecular flexibility index (Phi) is 7.24. The van der Waals surface area contributed by atoms with Gasteiger partial charge in [0.05, 0.1) is 7.11 Å². The molecule has 0 unspecified atom stereocenters. The Hall–Kier alpha value is -3.67. The molecule has 0 atom stereocenters. The second-order valence-corrected chi connectivity index (χ2v) is 12.7. The van der Waals surface area contributed by atoms with Gasteiger partial charge in [-0.1, -0.05) is 52.0 Å². The molecular formula is C34H37FO5. The summed E-state index contributed by atoms with van der Waals surface area (Å²) in [6, 6.07) is 10.0. The summed E-state index contributed by atoms with van der Waals surface area (Å²) in [4.78, 5) is 27.4. The average molecular weight is 545 g/mol. The van der Waals surface area contributed by atoms with E-state index in [1.54, 1.807) is 25.3 Å². The molecule has 0 saturated heterocycles. The zero-order valence-electron chi connectivity index (χ0n) is 24.0. The number of methoxy groups -OCH3 is 1. The third-order valence-corrected chi connectivity index (χ3v) is 7.95. The van der Waals surface area contributed by atoms with Gasteiger partial charge in [-0.15, -0.1) is 6.58 Å². The number of allylic oxidation sites excluding steroid dienone is 5. The van der Waals surface area contributed by atoms with E-state index in [2.05, 4.69) is 34.3 Å². The van der Waals surface area contributed by atoms with E-state index in [1.807, 2.05) is 12.1 Å². The van der Waals surface area contributed by atoms with Crippen molar-refractivity contribution in [2.75, 3.05) is 7.11 Å². The van der Waals surface area contributed by atoms with E-state index in [-0.39, 0.29) is 34.8 Å². The zero-order chi connectivity index (χ0) is 28.8. The van der Waals surface area contributed by atoms with Crippen LogP contribution in [0.15, 0.2) is 71.7 Å². The van der Waals surface area contributed by atoms with Crippen LogP contribution in [-0.2, 0) is 27.4 Å². The van der Waals surface area contributed by atoms with E-state index in [4.69, 9.17) is 14.2 Å². The van der Waals surface area contributed by atoms with Crippen molar-refractivity contribution in [1.82, 2.24) is 0 Å². The van der Waals surface area contributed by atoms with Crippen LogP contribution in [0, 0.1) is 16.6 Å². The molecule has 6 heteroatoms. The topological polar surface area (TPSA) is 61.8 Å². The largest absolute Gasteiger partial charge is 0.493 e. The highest BCUT2D eigenvalue weighted by atomic mass is 19.1. The van der Waals surface area contributed by atoms with Gasteiger partial charge in [0.2, 0.25) is 0 Å². The van der Waals surface area contributed by atoms with Gasteiger partial charge in [0, 0.05) is 48.3 Å². The monoisotopic (exact) mass is 544 g/mol. The van der Waals surface area contributed by atoms with Crippen LogP contribution in [0.2, 0.25) is 0 Å². The van der Waals surface area contributed by atoms with Gasteiger partial charge < -0.3 is 14.2 Å². The Morgan fingerprint density at radius 2 is 1.52 bits per heavy atom. The molecule has 0 radical (unpaired) electrons. The van der Waals surface area contributed by atoms with Crippen molar-refractivity contribution < 1.29 is 28.2 Å². The maximum atomic E-state index is 13.7. The van der Waals surface area contributed by atoms with Crippen molar-refractivity contribution in [3.8, 4) is 11.5 Å². The molecule has 210 valence electrons. The predicted octanol–water partition coefficient (Wildman–Crippen LogP) is 7.54. The van der Waals surface area contributed by atoms with E-state index in [0.29, 0.717) is 66.3 Å². The highest BCUT2D eigenvalue weighted by molar-refractivity contribution is 6.06. The number of benzene rings is 2. The first kappa shape index (κ1) is 27.9. The molecule has 3 aliphatic rings. The summed E-state index contributed by atoms with van der Waals surface area (Å²) in [5, 5.41) is 0. The van der Waals surface area contributed by atoms with E-state index >= 15 is 0 Å². The van der Waals surface area contributed by atoms with Crippen molar-refractivity contribution in [3.63, 3.8) is 0 Å². The zero-order valence-corrected chi connectivity index (χ0v) is 24.0. The van der Waals surface area contributed by atoms with E-state index in [0.717, 1.165) is 16.7 Å². The molecule has 0 fully saturated rings. The Morgan fingerprint density at radius 1 is 0.950 bits per heavy atom. The normalized spacial score (nSPS) is 20.1. The summed E-state index contributed by atoms with van der Waals surface area (Å²) >= 11 is 0. The molecule has 1 aliphatic heterocycles. The summed E-state index contributed by atoms with van der Waals surface area (Å²) < 4.78 is 31.8. The van der Waals surface area contributed by atoms with Crippen molar-refractivity contribution in [1.29, 1.82) is 0 Å². The molecule has 0 spiro atoms. The van der Waals surface area contributed by atoms with Crippen LogP contribution in [0.5, 0.6) is 11.5 Å². The van der Waals surface area contributed by atoms with E-state index in [1.165, 1.54) is 12.1 Å². The number of halogens is 1. The van der Waals surface area contributed by atoms with Gasteiger partial charge in [-0.05, 0) is 46.6 Å². The molecule has 0 N–H and O–H groups in total. The van der Waals surface area contributed by atoms with Crippen LogP contribution in [0.4, 0.5) is 4.39 Å². The molecule has 40 heavy (non-hydrogen) atoms. The molecular weight excluding hydrogens is 507 g/mol. The first-order valence-corrected chi connectivity index (χ1v) is 13.8. The second-order valence-electron chi connectivity index (χ2n) is 12.7. The molecule has 2 aromatic rings. The number of carbonyl (C=O) groups is 2. The molecule has 5 nitrogen and oxygen atoms in total. The lowest BCUT2D eigenvalue weighted by Crippen LogP contribution is -2.37. The number of ketones is 2. The predicted molar refractivity (Wildman–Crippen MR) is 152 cm³/mol. The van der Waals surface area contributed by atoms with Crippen molar-refractivity contribution in [2.24, 2.45) is 10.8 Å². The minimum absolute atomic E-state index is 0.0151. The summed E-state index contributed by atoms with van der Waals surface area (Å²) in [6.45, 7) is 12.4. The fraction of sp³-hybridized carbons (Fsp3) is 0.412. The first-order valence-electron chi connectivity index (χ1n) is 13.8. The second kappa shape index (κ2) is 10.4. The maximum Gasteiger partial charge on any atom is 0.165 e. The molecule has 1 heterocycles. The van der Waals surface area contributed by atoms with Crippen LogP contribution in [0.3, 0.4) is 0 Å². The van der Waals surface area contributed by atoms with Gasteiger partial charge >= 0.3 is 0 Å². The van der Waals surface area contributed by atoms with Gasteiger partial charge in [0.15, 0.2) is 23.1 Å². The summed E-state index contributed by atoms with van der Waals surface area (Å²) in [5.41, 5.74) is 3.15. The third-order valence-electron chi connectivity index (χ3n) is 7.95. The van der Waals surface area contributed by atoms with Gasteiger partial charge in [-0.2, -0.15) is 0 Å². The maximum absolute atomic E-state index is 13.7. The lowest BCUT2D eigenvalue weighted by molar-refractivity contribution is -0.120. The Balaban J connectivity index is 1.64. The first-order chi connectivity index (χ1) is 18.9. The van der Waals surface area contributed by atoms with Gasteiger partial charge in [-0.25, -0.2) is 4.39 Å². The van der Waals surface area contributed by atoms with Gasteiger partial charge in [-0.3, -0.25) is 9.59 Å². The number of rotatable bonds is 7. The van der Waals surface area contributed by atoms with Crippen LogP contribution >= 0.6 is 0 Å². The number of Topliss-reactive ketones (excluding diaryl/α,β-unsaturated/α-hetero) is 2. The van der Waals surface area contributed by atoms with Crippen LogP contribution < -0.4 is 9.47 Å². The third kappa shape index (κ3) is 5.36. The molecule has 2 aliphatic carbocycles. The highest BCUT2D eigenvalue weighted by Gasteiger charge is 2.48. The molecule has 0 aromatic heterocycles. The molecule has 0 saturated carbocycles. The quantitative estimate of drug-likeness (QED) is 0.337. The summed E-state index contributed by atoms with van der Waals surface area (Å²) in [7, 11) is 1.57. The van der Waals surface area contributed by atoms with Gasteiger partial charge in [0.25, 0.3) is 0 Å². The smallest absolute Gasteiger partial charge is 0.165 e. The highest BCUT2D eigenvalue weighted by Crippen LogP contribution is 2.54. The van der Waals surface area contributed by atoms with Crippen molar-refractivity contribution in [3.05, 3.63) is 94.2 Å². The lowest BCUT2D eigenvalue weighted by atomic mass is 9.65. The fourth-order valence-corrected chi connectivity index (χ4v) is 6.22. The summed E-state index contributed by atoms with van der Waals surface area (Å²) in [5.74, 6) is 1.60. The SMILES string of the molecule is C=CCc1cc(C2C3=C(CC(C)(C)CC3=O)OC3=C2C(=O)CC(C)(C)C3)cc(OC)c1OCc1ccc(F)cc1. The minimum atomic E-state index is -0.533. The Bertz CT molecular complexity index is 1390. The fourth-order valence-electron chi connectivity index (χ4n) is 6.22. The number of ether oxygens (including phenoxy) is 3. The Morgan fingerprint density at radius 3 is 2.05 bits per heavy atom. The van der Waals surface area contributed by atoms with Crippen molar-refractivity contribution >= 4 is 11.6 Å². The molecule has 5 rings (SSSR count). The van der Waals surface area contributed by atoms with E-state index in [9.17, 15) is 14.0 Å².